The van der Waals surface area contributed by atoms with Crippen LogP contribution in [0.25, 0.3) is 11.0 Å². The highest BCUT2D eigenvalue weighted by Gasteiger charge is 2.12. The molecular weight excluding hydrogens is 266 g/mol. The highest BCUT2D eigenvalue weighted by Crippen LogP contribution is 2.15. The SMILES string of the molecule is CCn1c(CNC(=O)c2cnn(C)c2)nc2ccccc21. The standard InChI is InChI=1S/C15H17N5O/c1-3-20-13-7-5-4-6-12(13)18-14(20)9-16-15(21)11-8-17-19(2)10-11/h4-8,10H,3,9H2,1-2H3,(H,16,21). The maximum absolute atomic E-state index is 12.0. The molecule has 1 amide bonds. The minimum atomic E-state index is -0.141. The molecule has 0 atom stereocenters. The Hall–Kier alpha value is -2.63. The van der Waals surface area contributed by atoms with Gasteiger partial charge in [0, 0.05) is 19.8 Å². The highest BCUT2D eigenvalue weighted by molar-refractivity contribution is 5.93. The van der Waals surface area contributed by atoms with Crippen molar-refractivity contribution in [1.82, 2.24) is 24.6 Å². The first-order valence-corrected chi connectivity index (χ1v) is 6.90. The van der Waals surface area contributed by atoms with E-state index in [1.165, 1.54) is 0 Å². The molecule has 2 heterocycles. The van der Waals surface area contributed by atoms with Gasteiger partial charge in [-0.2, -0.15) is 5.10 Å². The number of aromatic nitrogens is 4. The minimum absolute atomic E-state index is 0.141. The predicted molar refractivity (Wildman–Crippen MR) is 79.8 cm³/mol. The first-order chi connectivity index (χ1) is 10.2. The van der Waals surface area contributed by atoms with Gasteiger partial charge in [-0.1, -0.05) is 12.1 Å². The van der Waals surface area contributed by atoms with Crippen molar-refractivity contribution in [3.8, 4) is 0 Å². The number of nitrogens with zero attached hydrogens (tertiary/aromatic N) is 4. The summed E-state index contributed by atoms with van der Waals surface area (Å²) in [5, 5.41) is 6.88. The molecule has 1 aromatic carbocycles. The fraction of sp³-hybridized carbons (Fsp3) is 0.267. The quantitative estimate of drug-likeness (QED) is 0.793. The Labute approximate surface area is 122 Å². The Morgan fingerprint density at radius 1 is 1.33 bits per heavy atom. The zero-order valence-corrected chi connectivity index (χ0v) is 12.1. The molecule has 1 N–H and O–H groups in total. The number of para-hydroxylation sites is 2. The fourth-order valence-corrected chi connectivity index (χ4v) is 2.41. The molecule has 0 bridgehead atoms. The predicted octanol–water partition coefficient (Wildman–Crippen LogP) is 1.72. The van der Waals surface area contributed by atoms with Crippen molar-refractivity contribution in [2.24, 2.45) is 7.05 Å². The highest BCUT2D eigenvalue weighted by atomic mass is 16.1. The van der Waals surface area contributed by atoms with Crippen molar-refractivity contribution in [3.05, 3.63) is 48.0 Å². The van der Waals surface area contributed by atoms with Crippen molar-refractivity contribution >= 4 is 16.9 Å². The van der Waals surface area contributed by atoms with E-state index in [0.717, 1.165) is 23.4 Å². The molecule has 6 nitrogen and oxygen atoms in total. The van der Waals surface area contributed by atoms with E-state index in [-0.39, 0.29) is 5.91 Å². The zero-order chi connectivity index (χ0) is 14.8. The fourth-order valence-electron chi connectivity index (χ4n) is 2.41. The largest absolute Gasteiger partial charge is 0.345 e. The van der Waals surface area contributed by atoms with E-state index in [2.05, 4.69) is 26.9 Å². The van der Waals surface area contributed by atoms with Gasteiger partial charge in [-0.3, -0.25) is 9.48 Å². The molecule has 3 aromatic rings. The smallest absolute Gasteiger partial charge is 0.254 e. The summed E-state index contributed by atoms with van der Waals surface area (Å²) < 4.78 is 3.72. The van der Waals surface area contributed by atoms with Crippen LogP contribution < -0.4 is 5.32 Å². The average molecular weight is 283 g/mol. The summed E-state index contributed by atoms with van der Waals surface area (Å²) in [7, 11) is 1.79. The van der Waals surface area contributed by atoms with Crippen molar-refractivity contribution in [1.29, 1.82) is 0 Å². The lowest BCUT2D eigenvalue weighted by atomic mass is 10.3. The van der Waals surface area contributed by atoms with Crippen LogP contribution in [-0.4, -0.2) is 25.2 Å². The number of fused-ring (bicyclic) bond motifs is 1. The van der Waals surface area contributed by atoms with Gasteiger partial charge in [0.1, 0.15) is 5.82 Å². The van der Waals surface area contributed by atoms with E-state index >= 15 is 0 Å². The van der Waals surface area contributed by atoms with Crippen LogP contribution in [0.3, 0.4) is 0 Å². The number of aryl methyl sites for hydroxylation is 2. The van der Waals surface area contributed by atoms with Crippen LogP contribution in [0.15, 0.2) is 36.7 Å². The second kappa shape index (κ2) is 5.40. The molecule has 0 aliphatic heterocycles. The maximum atomic E-state index is 12.0. The van der Waals surface area contributed by atoms with E-state index in [1.54, 1.807) is 24.1 Å². The number of carbonyl (C=O) groups excluding carboxylic acids is 1. The summed E-state index contributed by atoms with van der Waals surface area (Å²) in [5.41, 5.74) is 2.59. The third-order valence-corrected chi connectivity index (χ3v) is 3.42. The van der Waals surface area contributed by atoms with Gasteiger partial charge < -0.3 is 9.88 Å². The molecule has 0 unspecified atom stereocenters. The van der Waals surface area contributed by atoms with Crippen LogP contribution in [0.2, 0.25) is 0 Å². The summed E-state index contributed by atoms with van der Waals surface area (Å²) in [6, 6.07) is 7.98. The Balaban J connectivity index is 1.80. The number of rotatable bonds is 4. The van der Waals surface area contributed by atoms with Crippen molar-refractivity contribution in [2.45, 2.75) is 20.0 Å². The van der Waals surface area contributed by atoms with Crippen LogP contribution in [0.4, 0.5) is 0 Å². The Bertz CT molecular complexity index is 786. The third kappa shape index (κ3) is 2.52. The topological polar surface area (TPSA) is 64.7 Å². The molecule has 0 fully saturated rings. The number of hydrogen-bond acceptors (Lipinski definition) is 3. The number of nitrogens with one attached hydrogen (secondary N) is 1. The number of benzene rings is 1. The van der Waals surface area contributed by atoms with Gasteiger partial charge in [0.2, 0.25) is 0 Å². The van der Waals surface area contributed by atoms with Crippen LogP contribution >= 0.6 is 0 Å². The minimum Gasteiger partial charge on any atom is -0.345 e. The van der Waals surface area contributed by atoms with Gasteiger partial charge in [-0.15, -0.1) is 0 Å². The molecular formula is C15H17N5O. The Morgan fingerprint density at radius 2 is 2.14 bits per heavy atom. The molecule has 2 aromatic heterocycles. The Morgan fingerprint density at radius 3 is 2.86 bits per heavy atom. The van der Waals surface area contributed by atoms with Crippen molar-refractivity contribution in [2.75, 3.05) is 0 Å². The number of hydrogen-bond donors (Lipinski definition) is 1. The summed E-state index contributed by atoms with van der Waals surface area (Å²) in [6.45, 7) is 3.29. The average Bonchev–Trinajstić information content (AvgIpc) is 3.07. The van der Waals surface area contributed by atoms with Crippen LogP contribution in [0.5, 0.6) is 0 Å². The number of amides is 1. The molecule has 0 saturated carbocycles. The van der Waals surface area contributed by atoms with E-state index in [9.17, 15) is 4.79 Å². The van der Waals surface area contributed by atoms with Crippen LogP contribution in [0.1, 0.15) is 23.1 Å². The lowest BCUT2D eigenvalue weighted by Crippen LogP contribution is -2.24. The van der Waals surface area contributed by atoms with E-state index < -0.39 is 0 Å². The van der Waals surface area contributed by atoms with E-state index in [4.69, 9.17) is 0 Å². The lowest BCUT2D eigenvalue weighted by Gasteiger charge is -2.06. The number of carbonyl (C=O) groups is 1. The van der Waals surface area contributed by atoms with E-state index in [1.807, 2.05) is 24.3 Å². The lowest BCUT2D eigenvalue weighted by molar-refractivity contribution is 0.0949. The monoisotopic (exact) mass is 283 g/mol. The number of imidazole rings is 1. The molecule has 0 spiro atoms. The molecule has 108 valence electrons. The first kappa shape index (κ1) is 13.4. The molecule has 0 saturated heterocycles. The van der Waals surface area contributed by atoms with Crippen LogP contribution in [-0.2, 0) is 20.1 Å². The molecule has 0 aliphatic carbocycles. The van der Waals surface area contributed by atoms with Gasteiger partial charge in [0.25, 0.3) is 5.91 Å². The molecule has 21 heavy (non-hydrogen) atoms. The third-order valence-electron chi connectivity index (χ3n) is 3.42. The van der Waals surface area contributed by atoms with Gasteiger partial charge in [-0.25, -0.2) is 4.98 Å². The first-order valence-electron chi connectivity index (χ1n) is 6.90. The van der Waals surface area contributed by atoms with Crippen LogP contribution in [0, 0.1) is 0 Å². The molecule has 3 rings (SSSR count). The zero-order valence-electron chi connectivity index (χ0n) is 12.1. The second-order valence-electron chi connectivity index (χ2n) is 4.85. The van der Waals surface area contributed by atoms with Crippen molar-refractivity contribution < 1.29 is 4.79 Å². The maximum Gasteiger partial charge on any atom is 0.254 e. The molecule has 0 radical (unpaired) electrons. The summed E-state index contributed by atoms with van der Waals surface area (Å²) in [6.07, 6.45) is 3.25. The Kier molecular flexibility index (Phi) is 3.43. The van der Waals surface area contributed by atoms with Gasteiger partial charge in [0.15, 0.2) is 0 Å². The van der Waals surface area contributed by atoms with Gasteiger partial charge >= 0.3 is 0 Å². The summed E-state index contributed by atoms with van der Waals surface area (Å²) in [4.78, 5) is 16.6. The van der Waals surface area contributed by atoms with Gasteiger partial charge in [-0.05, 0) is 19.1 Å². The summed E-state index contributed by atoms with van der Waals surface area (Å²) in [5.74, 6) is 0.716. The van der Waals surface area contributed by atoms with Gasteiger partial charge in [0.05, 0.1) is 29.3 Å². The van der Waals surface area contributed by atoms with Crippen molar-refractivity contribution in [3.63, 3.8) is 0 Å². The molecule has 0 aliphatic rings. The molecule has 6 heteroatoms. The van der Waals surface area contributed by atoms with E-state index in [0.29, 0.717) is 12.1 Å². The summed E-state index contributed by atoms with van der Waals surface area (Å²) >= 11 is 0. The second-order valence-corrected chi connectivity index (χ2v) is 4.85. The normalized spacial score (nSPS) is 11.0.